The molecule has 0 unspecified atom stereocenters. The number of benzene rings is 1. The van der Waals surface area contributed by atoms with Gasteiger partial charge in [-0.05, 0) is 47.7 Å². The van der Waals surface area contributed by atoms with Crippen molar-refractivity contribution < 1.29 is 4.79 Å². The van der Waals surface area contributed by atoms with Crippen LogP contribution in [0.5, 0.6) is 0 Å². The lowest BCUT2D eigenvalue weighted by Gasteiger charge is -2.09. The van der Waals surface area contributed by atoms with Crippen LogP contribution in [0.3, 0.4) is 0 Å². The third-order valence-corrected chi connectivity index (χ3v) is 5.54. The lowest BCUT2D eigenvalue weighted by molar-refractivity contribution is -0.113. The van der Waals surface area contributed by atoms with Crippen LogP contribution in [0.1, 0.15) is 6.92 Å². The van der Waals surface area contributed by atoms with Gasteiger partial charge in [-0.3, -0.25) is 9.78 Å². The summed E-state index contributed by atoms with van der Waals surface area (Å²) in [7, 11) is 2.03. The van der Waals surface area contributed by atoms with Crippen molar-refractivity contribution in [1.82, 2.24) is 19.7 Å². The van der Waals surface area contributed by atoms with Crippen LogP contribution in [0.25, 0.3) is 11.4 Å². The van der Waals surface area contributed by atoms with Gasteiger partial charge in [0.2, 0.25) is 5.91 Å². The van der Waals surface area contributed by atoms with E-state index >= 15 is 0 Å². The zero-order chi connectivity index (χ0) is 18.5. The molecule has 0 fully saturated rings. The fraction of sp³-hybridized carbons (Fsp3) is 0.176. The van der Waals surface area contributed by atoms with Crippen molar-refractivity contribution in [2.45, 2.75) is 18.6 Å². The molecule has 2 aromatic heterocycles. The number of hydrogen-bond acceptors (Lipinski definition) is 5. The Bertz CT molecular complexity index is 919. The average molecular weight is 477 g/mol. The van der Waals surface area contributed by atoms with E-state index < -0.39 is 0 Å². The number of carbonyl (C=O) groups is 1. The molecule has 0 spiro atoms. The van der Waals surface area contributed by atoms with Gasteiger partial charge in [-0.2, -0.15) is 0 Å². The average Bonchev–Trinajstić information content (AvgIpc) is 3.06. The van der Waals surface area contributed by atoms with Crippen LogP contribution in [0.15, 0.2) is 47.9 Å². The summed E-state index contributed by atoms with van der Waals surface area (Å²) in [5, 5.41) is 12.2. The van der Waals surface area contributed by atoms with Gasteiger partial charge in [-0.25, -0.2) is 0 Å². The Morgan fingerprint density at radius 1 is 1.35 bits per heavy atom. The second kappa shape index (κ2) is 8.67. The molecule has 0 atom stereocenters. The van der Waals surface area contributed by atoms with E-state index in [9.17, 15) is 4.79 Å². The molecule has 0 saturated heterocycles. The summed E-state index contributed by atoms with van der Waals surface area (Å²) >= 11 is 3.60. The molecular formula is C17H17BIN5OS. The number of nitrogens with zero attached hydrogens (tertiary/aromatic N) is 4. The number of aromatic nitrogens is 4. The molecule has 1 amide bonds. The number of amides is 1. The molecule has 3 aromatic rings. The first-order valence-electron chi connectivity index (χ1n) is 8.11. The van der Waals surface area contributed by atoms with E-state index in [-0.39, 0.29) is 11.7 Å². The zero-order valence-electron chi connectivity index (χ0n) is 14.4. The van der Waals surface area contributed by atoms with E-state index in [2.05, 4.69) is 43.1 Å². The van der Waals surface area contributed by atoms with Crippen LogP contribution in [0.2, 0.25) is 0 Å². The Labute approximate surface area is 170 Å². The van der Waals surface area contributed by atoms with Gasteiger partial charge in [0.15, 0.2) is 11.0 Å². The molecule has 26 heavy (non-hydrogen) atoms. The number of thioether (sulfide) groups is 1. The van der Waals surface area contributed by atoms with Crippen LogP contribution in [0, 0.1) is 3.57 Å². The van der Waals surface area contributed by atoms with Gasteiger partial charge in [0, 0.05) is 28.1 Å². The maximum absolute atomic E-state index is 12.3. The molecule has 0 saturated carbocycles. The fourth-order valence-corrected chi connectivity index (χ4v) is 4.04. The first-order chi connectivity index (χ1) is 12.6. The molecule has 1 aromatic carbocycles. The SMILES string of the molecule is Bc1ccc(NC(=O)CSc2nnc(-c3cccnc3)n2CC)c(I)c1. The second-order valence-electron chi connectivity index (χ2n) is 5.61. The van der Waals surface area contributed by atoms with Crippen molar-refractivity contribution in [2.75, 3.05) is 11.1 Å². The first kappa shape index (κ1) is 18.9. The van der Waals surface area contributed by atoms with Crippen molar-refractivity contribution in [2.24, 2.45) is 0 Å². The normalized spacial score (nSPS) is 10.7. The highest BCUT2D eigenvalue weighted by molar-refractivity contribution is 14.1. The number of carbonyl (C=O) groups excluding carboxylic acids is 1. The molecule has 0 aliphatic carbocycles. The maximum Gasteiger partial charge on any atom is 0.234 e. The Morgan fingerprint density at radius 2 is 2.19 bits per heavy atom. The number of nitrogens with one attached hydrogen (secondary N) is 1. The van der Waals surface area contributed by atoms with Crippen LogP contribution >= 0.6 is 34.4 Å². The summed E-state index contributed by atoms with van der Waals surface area (Å²) in [5.41, 5.74) is 2.91. The van der Waals surface area contributed by atoms with Crippen molar-refractivity contribution in [3.8, 4) is 11.4 Å². The molecule has 3 rings (SSSR count). The molecule has 6 nitrogen and oxygen atoms in total. The smallest absolute Gasteiger partial charge is 0.234 e. The molecule has 0 aliphatic rings. The summed E-state index contributed by atoms with van der Waals surface area (Å²) in [6, 6.07) is 9.77. The van der Waals surface area contributed by atoms with Gasteiger partial charge in [-0.15, -0.1) is 10.2 Å². The molecule has 9 heteroatoms. The minimum atomic E-state index is -0.0645. The maximum atomic E-state index is 12.3. The molecule has 0 aliphatic heterocycles. The van der Waals surface area contributed by atoms with Gasteiger partial charge in [0.25, 0.3) is 0 Å². The highest BCUT2D eigenvalue weighted by Gasteiger charge is 2.15. The van der Waals surface area contributed by atoms with E-state index in [0.717, 1.165) is 32.3 Å². The number of halogens is 1. The fourth-order valence-electron chi connectivity index (χ4n) is 2.43. The van der Waals surface area contributed by atoms with E-state index in [4.69, 9.17) is 0 Å². The van der Waals surface area contributed by atoms with Gasteiger partial charge in [0.1, 0.15) is 7.85 Å². The Kier molecular flexibility index (Phi) is 6.31. The number of rotatable bonds is 6. The van der Waals surface area contributed by atoms with Crippen LogP contribution in [-0.4, -0.2) is 39.3 Å². The molecule has 0 radical (unpaired) electrons. The summed E-state index contributed by atoms with van der Waals surface area (Å²) in [4.78, 5) is 16.4. The highest BCUT2D eigenvalue weighted by Crippen LogP contribution is 2.24. The van der Waals surface area contributed by atoms with E-state index in [1.807, 2.05) is 49.7 Å². The lowest BCUT2D eigenvalue weighted by Crippen LogP contribution is -2.16. The predicted molar refractivity (Wildman–Crippen MR) is 116 cm³/mol. The van der Waals surface area contributed by atoms with Gasteiger partial charge in [0.05, 0.1) is 11.4 Å². The van der Waals surface area contributed by atoms with E-state index in [1.54, 1.807) is 12.4 Å². The van der Waals surface area contributed by atoms with Crippen molar-refractivity contribution in [1.29, 1.82) is 0 Å². The largest absolute Gasteiger partial charge is 0.324 e. The van der Waals surface area contributed by atoms with Crippen molar-refractivity contribution in [3.05, 3.63) is 46.3 Å². The number of hydrogen-bond donors (Lipinski definition) is 1. The number of pyridine rings is 1. The predicted octanol–water partition coefficient (Wildman–Crippen LogP) is 1.95. The van der Waals surface area contributed by atoms with Gasteiger partial charge >= 0.3 is 0 Å². The minimum Gasteiger partial charge on any atom is -0.324 e. The molecule has 2 heterocycles. The quantitative estimate of drug-likeness (QED) is 0.334. The first-order valence-corrected chi connectivity index (χ1v) is 10.2. The molecule has 0 bridgehead atoms. The third-order valence-electron chi connectivity index (χ3n) is 3.68. The second-order valence-corrected chi connectivity index (χ2v) is 7.72. The van der Waals surface area contributed by atoms with Gasteiger partial charge < -0.3 is 9.88 Å². The lowest BCUT2D eigenvalue weighted by atomic mass is 9.96. The van der Waals surface area contributed by atoms with Gasteiger partial charge in [-0.1, -0.05) is 29.4 Å². The van der Waals surface area contributed by atoms with Crippen molar-refractivity contribution >= 4 is 59.3 Å². The van der Waals surface area contributed by atoms with E-state index in [0.29, 0.717) is 0 Å². The van der Waals surface area contributed by atoms with Crippen molar-refractivity contribution in [3.63, 3.8) is 0 Å². The zero-order valence-corrected chi connectivity index (χ0v) is 17.4. The third kappa shape index (κ3) is 4.45. The summed E-state index contributed by atoms with van der Waals surface area (Å²) < 4.78 is 3.02. The van der Waals surface area contributed by atoms with Crippen LogP contribution in [-0.2, 0) is 11.3 Å². The standard InChI is InChI=1S/C17H17BIN5OS/c1-2-24-16(11-4-3-7-20-9-11)22-23-17(24)26-10-15(25)21-14-6-5-12(18)8-13(14)19/h3-9H,2,10,18H2,1H3,(H,21,25). The molecular weight excluding hydrogens is 460 g/mol. The minimum absolute atomic E-state index is 0.0645. The summed E-state index contributed by atoms with van der Waals surface area (Å²) in [5.74, 6) is 0.969. The summed E-state index contributed by atoms with van der Waals surface area (Å²) in [6.45, 7) is 2.75. The Hall–Kier alpha value is -1.88. The summed E-state index contributed by atoms with van der Waals surface area (Å²) in [6.07, 6.45) is 3.49. The number of anilines is 1. The Balaban J connectivity index is 1.68. The van der Waals surface area contributed by atoms with Crippen LogP contribution in [0.4, 0.5) is 5.69 Å². The van der Waals surface area contributed by atoms with E-state index in [1.165, 1.54) is 17.2 Å². The highest BCUT2D eigenvalue weighted by atomic mass is 127. The monoisotopic (exact) mass is 477 g/mol. The van der Waals surface area contributed by atoms with Crippen LogP contribution < -0.4 is 10.8 Å². The topological polar surface area (TPSA) is 72.7 Å². The molecule has 1 N–H and O–H groups in total. The Morgan fingerprint density at radius 3 is 2.88 bits per heavy atom. The molecule has 132 valence electrons.